The van der Waals surface area contributed by atoms with Crippen LogP contribution in [0.25, 0.3) is 0 Å². The summed E-state index contributed by atoms with van der Waals surface area (Å²) in [5.41, 5.74) is 0.794. The Morgan fingerprint density at radius 3 is 2.14 bits per heavy atom. The first-order valence-corrected chi connectivity index (χ1v) is 8.10. The Labute approximate surface area is 135 Å². The summed E-state index contributed by atoms with van der Waals surface area (Å²) in [5, 5.41) is 2.49. The number of benzene rings is 2. The average molecular weight is 317 g/mol. The van der Waals surface area contributed by atoms with Gasteiger partial charge in [-0.15, -0.1) is 11.8 Å². The van der Waals surface area contributed by atoms with E-state index in [2.05, 4.69) is 17.9 Å². The van der Waals surface area contributed by atoms with Gasteiger partial charge in [0.15, 0.2) is 0 Å². The first-order valence-electron chi connectivity index (χ1n) is 6.77. The second-order valence-corrected chi connectivity index (χ2v) is 7.52. The van der Waals surface area contributed by atoms with Crippen LogP contribution in [0.4, 0.5) is 5.69 Å². The van der Waals surface area contributed by atoms with Crippen molar-refractivity contribution in [3.05, 3.63) is 60.7 Å². The summed E-state index contributed by atoms with van der Waals surface area (Å²) in [6.45, 7) is 4.07. The van der Waals surface area contributed by atoms with Crippen LogP contribution in [0, 0.1) is 0 Å². The van der Waals surface area contributed by atoms with Gasteiger partial charge in [0.25, 0.3) is 0 Å². The molecule has 2 aromatic carbocycles. The molecule has 2 rings (SSSR count). The van der Waals surface area contributed by atoms with E-state index in [1.165, 1.54) is 0 Å². The van der Waals surface area contributed by atoms with Gasteiger partial charge in [0.1, 0.15) is 0 Å². The number of thiol groups is 1. The van der Waals surface area contributed by atoms with E-state index in [0.717, 1.165) is 10.6 Å². The number of nitrogens with one attached hydrogen (secondary N) is 1. The lowest BCUT2D eigenvalue weighted by Crippen LogP contribution is -2.38. The van der Waals surface area contributed by atoms with E-state index in [-0.39, 0.29) is 10.7 Å². The fraction of sp³-hybridized carbons (Fsp3) is 0.235. The van der Waals surface area contributed by atoms with Crippen LogP contribution in [0.3, 0.4) is 0 Å². The summed E-state index contributed by atoms with van der Waals surface area (Å²) in [6, 6.07) is 19.5. The van der Waals surface area contributed by atoms with Crippen LogP contribution in [0.1, 0.15) is 13.8 Å². The molecule has 0 aliphatic rings. The van der Waals surface area contributed by atoms with Crippen molar-refractivity contribution in [3.63, 3.8) is 0 Å². The molecule has 1 N–H and O–H groups in total. The van der Waals surface area contributed by atoms with Gasteiger partial charge in [0, 0.05) is 15.3 Å². The van der Waals surface area contributed by atoms with E-state index >= 15 is 0 Å². The molecule has 1 amide bonds. The predicted molar refractivity (Wildman–Crippen MR) is 94.2 cm³/mol. The number of carbonyl (C=O) groups is 1. The summed E-state index contributed by atoms with van der Waals surface area (Å²) in [6.07, 6.45) is 0. The van der Waals surface area contributed by atoms with Gasteiger partial charge in [-0.3, -0.25) is 4.79 Å². The van der Waals surface area contributed by atoms with E-state index in [4.69, 9.17) is 0 Å². The molecule has 0 fully saturated rings. The van der Waals surface area contributed by atoms with Gasteiger partial charge in [-0.25, -0.2) is 0 Å². The van der Waals surface area contributed by atoms with E-state index in [1.54, 1.807) is 11.8 Å². The number of hydrogen-bond donors (Lipinski definition) is 2. The van der Waals surface area contributed by atoms with Crippen molar-refractivity contribution in [3.8, 4) is 0 Å². The van der Waals surface area contributed by atoms with Crippen LogP contribution in [0.15, 0.2) is 65.6 Å². The average Bonchev–Trinajstić information content (AvgIpc) is 2.48. The Bertz CT molecular complexity index is 584. The highest BCUT2D eigenvalue weighted by Gasteiger charge is 2.33. The monoisotopic (exact) mass is 317 g/mol. The third kappa shape index (κ3) is 4.55. The molecule has 0 heterocycles. The number of amides is 1. The van der Waals surface area contributed by atoms with Gasteiger partial charge in [0.2, 0.25) is 5.91 Å². The van der Waals surface area contributed by atoms with Gasteiger partial charge in [-0.1, -0.05) is 36.4 Å². The van der Waals surface area contributed by atoms with Crippen molar-refractivity contribution in [2.24, 2.45) is 0 Å². The fourth-order valence-corrected chi connectivity index (χ4v) is 3.24. The van der Waals surface area contributed by atoms with E-state index in [1.807, 2.05) is 74.5 Å². The zero-order valence-corrected chi connectivity index (χ0v) is 13.8. The van der Waals surface area contributed by atoms with Crippen molar-refractivity contribution >= 4 is 36.0 Å². The summed E-state index contributed by atoms with van der Waals surface area (Å²) in [5.74, 6) is -0.0852. The third-order valence-corrected chi connectivity index (χ3v) is 5.40. The fourth-order valence-electron chi connectivity index (χ4n) is 1.90. The zero-order chi connectivity index (χ0) is 15.3. The van der Waals surface area contributed by atoms with Gasteiger partial charge in [0.05, 0.1) is 5.25 Å². The molecule has 110 valence electrons. The Morgan fingerprint density at radius 1 is 1.05 bits per heavy atom. The summed E-state index contributed by atoms with van der Waals surface area (Å²) in [7, 11) is 0. The number of para-hydroxylation sites is 1. The minimum atomic E-state index is -0.414. The van der Waals surface area contributed by atoms with Gasteiger partial charge < -0.3 is 5.32 Å². The quantitative estimate of drug-likeness (QED) is 0.628. The summed E-state index contributed by atoms with van der Waals surface area (Å²) in [4.78, 5) is 13.5. The normalized spacial score (nSPS) is 12.7. The lowest BCUT2D eigenvalue weighted by Gasteiger charge is -2.29. The number of thioether (sulfide) groups is 1. The van der Waals surface area contributed by atoms with Crippen LogP contribution in [-0.4, -0.2) is 15.9 Å². The summed E-state index contributed by atoms with van der Waals surface area (Å²) < 4.78 is -0.316. The molecule has 0 saturated carbocycles. The molecule has 0 aliphatic carbocycles. The highest BCUT2D eigenvalue weighted by Crippen LogP contribution is 2.37. The Balaban J connectivity index is 2.03. The topological polar surface area (TPSA) is 29.1 Å². The Kier molecular flexibility index (Phi) is 5.37. The third-order valence-electron chi connectivity index (χ3n) is 3.07. The number of rotatable bonds is 5. The molecular formula is C17H19NOS2. The van der Waals surface area contributed by atoms with Crippen molar-refractivity contribution in [2.45, 2.75) is 28.7 Å². The lowest BCUT2D eigenvalue weighted by atomic mass is 10.1. The first kappa shape index (κ1) is 16.0. The largest absolute Gasteiger partial charge is 0.325 e. The zero-order valence-electron chi connectivity index (χ0n) is 12.1. The lowest BCUT2D eigenvalue weighted by molar-refractivity contribution is -0.116. The molecule has 2 aromatic rings. The van der Waals surface area contributed by atoms with Crippen molar-refractivity contribution < 1.29 is 4.79 Å². The Hall–Kier alpha value is -1.39. The van der Waals surface area contributed by atoms with Crippen LogP contribution in [0.2, 0.25) is 0 Å². The van der Waals surface area contributed by atoms with E-state index in [9.17, 15) is 4.79 Å². The molecule has 1 unspecified atom stereocenters. The number of anilines is 1. The second-order valence-electron chi connectivity index (χ2n) is 5.28. The molecule has 0 bridgehead atoms. The molecular weight excluding hydrogens is 298 g/mol. The number of carbonyl (C=O) groups excluding carboxylic acids is 1. The van der Waals surface area contributed by atoms with Gasteiger partial charge >= 0.3 is 0 Å². The highest BCUT2D eigenvalue weighted by atomic mass is 32.2. The molecule has 0 aromatic heterocycles. The smallest absolute Gasteiger partial charge is 0.238 e. The second kappa shape index (κ2) is 7.05. The standard InChI is InChI=1S/C17H19NOS2/c1-17(2,21-14-11-7-4-8-12-14)15(20)16(19)18-13-9-5-3-6-10-13/h3-12,15,20H,1-2H3,(H,18,19). The van der Waals surface area contributed by atoms with Crippen molar-refractivity contribution in [2.75, 3.05) is 5.32 Å². The van der Waals surface area contributed by atoms with Gasteiger partial charge in [-0.05, 0) is 38.1 Å². The molecule has 0 spiro atoms. The maximum Gasteiger partial charge on any atom is 0.238 e. The maximum atomic E-state index is 12.3. The molecule has 0 saturated heterocycles. The maximum absolute atomic E-state index is 12.3. The van der Waals surface area contributed by atoms with Crippen molar-refractivity contribution in [1.82, 2.24) is 0 Å². The molecule has 0 aliphatic heterocycles. The highest BCUT2D eigenvalue weighted by molar-refractivity contribution is 8.01. The van der Waals surface area contributed by atoms with Gasteiger partial charge in [-0.2, -0.15) is 12.6 Å². The Morgan fingerprint density at radius 2 is 1.57 bits per heavy atom. The summed E-state index contributed by atoms with van der Waals surface area (Å²) >= 11 is 6.19. The molecule has 0 radical (unpaired) electrons. The molecule has 2 nitrogen and oxygen atoms in total. The van der Waals surface area contributed by atoms with Crippen LogP contribution in [-0.2, 0) is 4.79 Å². The van der Waals surface area contributed by atoms with Crippen LogP contribution in [0.5, 0.6) is 0 Å². The van der Waals surface area contributed by atoms with E-state index in [0.29, 0.717) is 0 Å². The number of hydrogen-bond acceptors (Lipinski definition) is 3. The first-order chi connectivity index (χ1) is 9.99. The molecule has 21 heavy (non-hydrogen) atoms. The minimum absolute atomic E-state index is 0.0852. The minimum Gasteiger partial charge on any atom is -0.325 e. The van der Waals surface area contributed by atoms with Crippen molar-refractivity contribution in [1.29, 1.82) is 0 Å². The van der Waals surface area contributed by atoms with E-state index < -0.39 is 5.25 Å². The SMILES string of the molecule is CC(C)(Sc1ccccc1)C(S)C(=O)Nc1ccccc1. The predicted octanol–water partition coefficient (Wildman–Crippen LogP) is 4.49. The molecule has 4 heteroatoms. The van der Waals surface area contributed by atoms with Crippen LogP contribution >= 0.6 is 24.4 Å². The molecule has 1 atom stereocenters. The van der Waals surface area contributed by atoms with Crippen LogP contribution < -0.4 is 5.32 Å².